The Morgan fingerprint density at radius 1 is 1.12 bits per heavy atom. The van der Waals surface area contributed by atoms with Gasteiger partial charge in [-0.3, -0.25) is 15.1 Å². The molecule has 2 aromatic heterocycles. The summed E-state index contributed by atoms with van der Waals surface area (Å²) < 4.78 is 8.43. The molecule has 2 aliphatic carbocycles. The largest absolute Gasteiger partial charge is 0.427 e. The van der Waals surface area contributed by atoms with E-state index in [-0.39, 0.29) is 18.1 Å². The van der Waals surface area contributed by atoms with Crippen molar-refractivity contribution >= 4 is 46.8 Å². The maximum atomic E-state index is 13.2. The van der Waals surface area contributed by atoms with Crippen LogP contribution in [0.25, 0.3) is 11.0 Å². The van der Waals surface area contributed by atoms with E-state index in [2.05, 4.69) is 32.2 Å². The number of hydrogen-bond donors (Lipinski definition) is 2. The number of morpholine rings is 1. The highest BCUT2D eigenvalue weighted by molar-refractivity contribution is 6.40. The minimum atomic E-state index is -0.767. The van der Waals surface area contributed by atoms with Gasteiger partial charge in [0.15, 0.2) is 6.17 Å². The fraction of sp³-hybridized carbons (Fsp3) is 0.607. The van der Waals surface area contributed by atoms with Crippen LogP contribution < -0.4 is 15.7 Å². The molecule has 2 amide bonds. The molecule has 212 valence electrons. The number of dihydropyridines is 1. The number of carbonyl (C=O) groups excluding carboxylic acids is 2. The zero-order valence-corrected chi connectivity index (χ0v) is 23.3. The second-order valence-electron chi connectivity index (χ2n) is 11.8. The van der Waals surface area contributed by atoms with E-state index in [0.29, 0.717) is 28.9 Å². The fourth-order valence-electron chi connectivity index (χ4n) is 6.99. The monoisotopic (exact) mass is 567 g/mol. The summed E-state index contributed by atoms with van der Waals surface area (Å²) in [7, 11) is 0. The van der Waals surface area contributed by atoms with Crippen molar-refractivity contribution in [1.29, 1.82) is 0 Å². The van der Waals surface area contributed by atoms with Gasteiger partial charge in [0.2, 0.25) is 5.95 Å². The summed E-state index contributed by atoms with van der Waals surface area (Å²) in [6.07, 6.45) is 10.0. The maximum Gasteiger partial charge on any atom is 0.427 e. The molecule has 0 aromatic carbocycles. The lowest BCUT2D eigenvalue weighted by atomic mass is 9.83. The van der Waals surface area contributed by atoms with Crippen molar-refractivity contribution in [3.8, 4) is 0 Å². The van der Waals surface area contributed by atoms with E-state index >= 15 is 0 Å². The van der Waals surface area contributed by atoms with Gasteiger partial charge in [-0.2, -0.15) is 0 Å². The number of nitrogens with one attached hydrogen (secondary N) is 2. The topological polar surface area (TPSA) is 123 Å². The summed E-state index contributed by atoms with van der Waals surface area (Å²) in [6, 6.07) is 2.15. The van der Waals surface area contributed by atoms with Crippen LogP contribution in [-0.4, -0.2) is 58.0 Å². The average Bonchev–Trinajstić information content (AvgIpc) is 3.69. The number of carbonyl (C=O) groups is 2. The number of aliphatic imine (C=N–C) groups is 1. The number of amides is 2. The highest BCUT2D eigenvalue weighted by atomic mass is 35.5. The normalized spacial score (nSPS) is 32.2. The molecule has 2 saturated heterocycles. The van der Waals surface area contributed by atoms with Crippen molar-refractivity contribution in [1.82, 2.24) is 25.3 Å². The Morgan fingerprint density at radius 3 is 2.77 bits per heavy atom. The van der Waals surface area contributed by atoms with Crippen LogP contribution in [0.3, 0.4) is 0 Å². The van der Waals surface area contributed by atoms with Crippen LogP contribution in [0, 0.1) is 11.8 Å². The SMILES string of the molecule is CC1CCC(Cn2c(N3CCO[C@@H]4CCC[C@H]43)nc3cc(C4NOC(=O)N4)nc(C4C=C(Cl)C=NC4=O)c32)CC1. The Hall–Kier alpha value is -3.02. The maximum absolute atomic E-state index is 13.2. The standard InChI is InChI=1S/C28H34ClN7O4/c1-15-5-7-16(8-6-15)14-36-24-19(32-27(36)35-9-10-39-22-4-2-3-21(22)35)12-20(25-33-28(38)40-34-25)31-23(24)18-11-17(29)13-30-26(18)37/h11-13,15-16,18,21-22,25,34H,2-10,14H2,1H3,(H,33,38)/t15?,16?,18?,21-,22-,25?/m1/s1. The Balaban J connectivity index is 1.41. The van der Waals surface area contributed by atoms with Crippen LogP contribution in [0.15, 0.2) is 22.2 Å². The summed E-state index contributed by atoms with van der Waals surface area (Å²) >= 11 is 6.36. The van der Waals surface area contributed by atoms with Gasteiger partial charge in [-0.1, -0.05) is 31.4 Å². The van der Waals surface area contributed by atoms with Crippen LogP contribution in [0.1, 0.15) is 75.3 Å². The number of pyridine rings is 1. The van der Waals surface area contributed by atoms with E-state index in [1.807, 2.05) is 6.07 Å². The highest BCUT2D eigenvalue weighted by Gasteiger charge is 2.40. The number of rotatable bonds is 5. The number of ether oxygens (including phenoxy) is 1. The zero-order chi connectivity index (χ0) is 27.4. The predicted molar refractivity (Wildman–Crippen MR) is 149 cm³/mol. The lowest BCUT2D eigenvalue weighted by Gasteiger charge is -2.39. The minimum Gasteiger partial charge on any atom is -0.374 e. The summed E-state index contributed by atoms with van der Waals surface area (Å²) in [5, 5.41) is 3.10. The van der Waals surface area contributed by atoms with E-state index < -0.39 is 18.2 Å². The summed E-state index contributed by atoms with van der Waals surface area (Å²) in [6.45, 7) is 4.54. The molecule has 5 heterocycles. The molecule has 2 aromatic rings. The second kappa shape index (κ2) is 10.4. The van der Waals surface area contributed by atoms with E-state index in [4.69, 9.17) is 31.1 Å². The molecule has 4 fully saturated rings. The molecule has 7 rings (SSSR count). The number of anilines is 1. The molecule has 3 aliphatic heterocycles. The van der Waals surface area contributed by atoms with E-state index in [1.165, 1.54) is 19.1 Å². The molecular weight excluding hydrogens is 534 g/mol. The summed E-state index contributed by atoms with van der Waals surface area (Å²) in [4.78, 5) is 46.6. The zero-order valence-electron chi connectivity index (χ0n) is 22.5. The highest BCUT2D eigenvalue weighted by Crippen LogP contribution is 2.39. The number of halogens is 1. The number of aromatic nitrogens is 3. The Morgan fingerprint density at radius 2 is 1.98 bits per heavy atom. The third-order valence-electron chi connectivity index (χ3n) is 9.10. The third-order valence-corrected chi connectivity index (χ3v) is 9.32. The molecule has 12 heteroatoms. The van der Waals surface area contributed by atoms with Gasteiger partial charge in [0.25, 0.3) is 5.91 Å². The van der Waals surface area contributed by atoms with E-state index in [9.17, 15) is 9.59 Å². The van der Waals surface area contributed by atoms with Crippen LogP contribution in [-0.2, 0) is 20.9 Å². The molecule has 2 unspecified atom stereocenters. The quantitative estimate of drug-likeness (QED) is 0.554. The number of fused-ring (bicyclic) bond motifs is 2. The van der Waals surface area contributed by atoms with E-state index in [0.717, 1.165) is 68.1 Å². The third kappa shape index (κ3) is 4.67. The van der Waals surface area contributed by atoms with Crippen molar-refractivity contribution in [2.24, 2.45) is 16.8 Å². The van der Waals surface area contributed by atoms with Gasteiger partial charge >= 0.3 is 6.09 Å². The first-order valence-electron chi connectivity index (χ1n) is 14.4. The first kappa shape index (κ1) is 25.9. The number of nitrogens with zero attached hydrogens (tertiary/aromatic N) is 5. The van der Waals surface area contributed by atoms with Crippen molar-refractivity contribution in [3.63, 3.8) is 0 Å². The smallest absolute Gasteiger partial charge is 0.374 e. The second-order valence-corrected chi connectivity index (χ2v) is 12.2. The van der Waals surface area contributed by atoms with Gasteiger partial charge in [-0.15, -0.1) is 5.48 Å². The molecule has 40 heavy (non-hydrogen) atoms. The van der Waals surface area contributed by atoms with Crippen molar-refractivity contribution in [2.45, 2.75) is 82.6 Å². The predicted octanol–water partition coefficient (Wildman–Crippen LogP) is 4.08. The number of allylic oxidation sites excluding steroid dienone is 1. The first-order chi connectivity index (χ1) is 19.4. The Bertz CT molecular complexity index is 1400. The minimum absolute atomic E-state index is 0.205. The van der Waals surface area contributed by atoms with Crippen molar-refractivity contribution in [3.05, 3.63) is 28.6 Å². The molecule has 0 radical (unpaired) electrons. The van der Waals surface area contributed by atoms with Crippen LogP contribution in [0.2, 0.25) is 0 Å². The van der Waals surface area contributed by atoms with Gasteiger partial charge in [0.1, 0.15) is 5.92 Å². The van der Waals surface area contributed by atoms with E-state index in [1.54, 1.807) is 6.08 Å². The van der Waals surface area contributed by atoms with Crippen molar-refractivity contribution in [2.75, 3.05) is 18.1 Å². The van der Waals surface area contributed by atoms with Gasteiger partial charge in [0.05, 0.1) is 46.2 Å². The summed E-state index contributed by atoms with van der Waals surface area (Å²) in [5.41, 5.74) is 5.26. The summed E-state index contributed by atoms with van der Waals surface area (Å²) in [5.74, 6) is 1.05. The molecule has 2 saturated carbocycles. The lowest BCUT2D eigenvalue weighted by molar-refractivity contribution is -0.118. The van der Waals surface area contributed by atoms with Crippen LogP contribution in [0.5, 0.6) is 0 Å². The Labute approximate surface area is 237 Å². The number of imidazole rings is 1. The molecule has 4 atom stereocenters. The Kier molecular flexibility index (Phi) is 6.76. The first-order valence-corrected chi connectivity index (χ1v) is 14.8. The molecule has 0 bridgehead atoms. The molecule has 0 spiro atoms. The lowest BCUT2D eigenvalue weighted by Crippen LogP contribution is -2.49. The van der Waals surface area contributed by atoms with Crippen LogP contribution in [0.4, 0.5) is 10.7 Å². The average molecular weight is 568 g/mol. The van der Waals surface area contributed by atoms with Gasteiger partial charge in [-0.25, -0.2) is 14.8 Å². The molecule has 11 nitrogen and oxygen atoms in total. The fourth-order valence-corrected chi connectivity index (χ4v) is 7.17. The van der Waals surface area contributed by atoms with Gasteiger partial charge in [-0.05, 0) is 56.1 Å². The van der Waals surface area contributed by atoms with Crippen LogP contribution >= 0.6 is 11.6 Å². The molecule has 5 aliphatic rings. The number of hydrogen-bond acceptors (Lipinski definition) is 8. The van der Waals surface area contributed by atoms with Crippen molar-refractivity contribution < 1.29 is 19.2 Å². The number of hydroxylamine groups is 1. The molecule has 2 N–H and O–H groups in total. The van der Waals surface area contributed by atoms with Gasteiger partial charge < -0.3 is 19.0 Å². The molecular formula is C28H34ClN7O4. The van der Waals surface area contributed by atoms with Gasteiger partial charge in [0, 0.05) is 19.3 Å².